The smallest absolute Gasteiger partial charge is 0.331 e. The summed E-state index contributed by atoms with van der Waals surface area (Å²) >= 11 is 0. The molecule has 0 saturated heterocycles. The normalized spacial score (nSPS) is 9.30. The first-order valence-electron chi connectivity index (χ1n) is 3.00. The summed E-state index contributed by atoms with van der Waals surface area (Å²) in [5, 5.41) is 10.4. The van der Waals surface area contributed by atoms with E-state index in [2.05, 4.69) is 4.98 Å². The second-order valence-corrected chi connectivity index (χ2v) is 1.69. The monoisotopic (exact) mass is 140 g/mol. The van der Waals surface area contributed by atoms with Crippen LogP contribution in [0.2, 0.25) is 0 Å². The molecule has 0 aliphatic heterocycles. The molecule has 0 spiro atoms. The van der Waals surface area contributed by atoms with Crippen LogP contribution in [0.25, 0.3) is 0 Å². The highest BCUT2D eigenvalue weighted by molar-refractivity contribution is 5.01. The third-order valence-electron chi connectivity index (χ3n) is 0.955. The quantitative estimate of drug-likeness (QED) is 0.433. The molecule has 0 saturated carbocycles. The van der Waals surface area contributed by atoms with Crippen LogP contribution < -0.4 is 9.47 Å². The molecule has 0 N–H and O–H groups in total. The second-order valence-electron chi connectivity index (χ2n) is 1.69. The van der Waals surface area contributed by atoms with Crippen LogP contribution in [0.1, 0.15) is 6.92 Å². The number of hydrogen-bond donors (Lipinski definition) is 0. The lowest BCUT2D eigenvalue weighted by Gasteiger charge is -1.98. The zero-order valence-electron chi connectivity index (χ0n) is 5.65. The van der Waals surface area contributed by atoms with Crippen LogP contribution in [-0.4, -0.2) is 11.6 Å². The maximum Gasteiger partial charge on any atom is 0.331 e. The molecular formula is C6H8N2O2. The summed E-state index contributed by atoms with van der Waals surface area (Å²) in [6.07, 6.45) is 2.50. The summed E-state index contributed by atoms with van der Waals surface area (Å²) in [4.78, 5) is 3.70. The highest BCUT2D eigenvalue weighted by Gasteiger charge is 1.97. The van der Waals surface area contributed by atoms with Crippen LogP contribution in [0.15, 0.2) is 18.6 Å². The predicted octanol–water partition coefficient (Wildman–Crippen LogP) is 0.114. The molecule has 4 nitrogen and oxygen atoms in total. The maximum absolute atomic E-state index is 10.4. The fourth-order valence-electron chi connectivity index (χ4n) is 0.566. The Bertz CT molecular complexity index is 197. The van der Waals surface area contributed by atoms with Gasteiger partial charge in [-0.25, -0.2) is 4.73 Å². The van der Waals surface area contributed by atoms with Gasteiger partial charge in [-0.05, 0) is 11.9 Å². The molecule has 1 heterocycles. The molecule has 1 aromatic rings. The van der Waals surface area contributed by atoms with Crippen LogP contribution >= 0.6 is 0 Å². The minimum Gasteiger partial charge on any atom is -0.711 e. The van der Waals surface area contributed by atoms with E-state index in [9.17, 15) is 5.21 Å². The first kappa shape index (κ1) is 6.80. The molecule has 10 heavy (non-hydrogen) atoms. The van der Waals surface area contributed by atoms with Gasteiger partial charge in [0, 0.05) is 0 Å². The van der Waals surface area contributed by atoms with Crippen LogP contribution in [0.4, 0.5) is 0 Å². The van der Waals surface area contributed by atoms with E-state index in [-0.39, 0.29) is 0 Å². The Morgan fingerprint density at radius 3 is 3.10 bits per heavy atom. The van der Waals surface area contributed by atoms with Crippen molar-refractivity contribution in [2.24, 2.45) is 0 Å². The van der Waals surface area contributed by atoms with Gasteiger partial charge in [-0.15, -0.1) is 0 Å². The Kier molecular flexibility index (Phi) is 2.04. The van der Waals surface area contributed by atoms with Crippen molar-refractivity contribution in [3.05, 3.63) is 23.8 Å². The Hall–Kier alpha value is -1.32. The summed E-state index contributed by atoms with van der Waals surface area (Å²) in [5.74, 6) is 0.481. The fourth-order valence-corrected chi connectivity index (χ4v) is 0.566. The van der Waals surface area contributed by atoms with Gasteiger partial charge in [0.15, 0.2) is 0 Å². The summed E-state index contributed by atoms with van der Waals surface area (Å²) in [6, 6.07) is 1.52. The summed E-state index contributed by atoms with van der Waals surface area (Å²) < 4.78 is 5.61. The molecule has 54 valence electrons. The van der Waals surface area contributed by atoms with E-state index in [0.717, 1.165) is 6.33 Å². The van der Waals surface area contributed by atoms with Crippen LogP contribution in [0.3, 0.4) is 0 Å². The molecule has 0 aliphatic rings. The van der Waals surface area contributed by atoms with E-state index in [4.69, 9.17) is 4.74 Å². The van der Waals surface area contributed by atoms with Gasteiger partial charge in [0.2, 0.25) is 0 Å². The van der Waals surface area contributed by atoms with Crippen molar-refractivity contribution in [3.63, 3.8) is 0 Å². The molecule has 4 heteroatoms. The number of ether oxygens (including phenoxy) is 1. The fraction of sp³-hybridized carbons (Fsp3) is 0.333. The third kappa shape index (κ3) is 1.58. The predicted molar refractivity (Wildman–Crippen MR) is 34.4 cm³/mol. The molecule has 0 bridgehead atoms. The van der Waals surface area contributed by atoms with E-state index in [1.807, 2.05) is 6.92 Å². The lowest BCUT2D eigenvalue weighted by Crippen LogP contribution is -2.24. The van der Waals surface area contributed by atoms with Crippen molar-refractivity contribution in [3.8, 4) is 5.88 Å². The lowest BCUT2D eigenvalue weighted by atomic mass is 10.6. The Morgan fingerprint density at radius 1 is 1.80 bits per heavy atom. The zero-order valence-corrected chi connectivity index (χ0v) is 5.65. The Labute approximate surface area is 58.7 Å². The van der Waals surface area contributed by atoms with Crippen molar-refractivity contribution in [1.82, 2.24) is 4.98 Å². The van der Waals surface area contributed by atoms with Gasteiger partial charge in [-0.3, -0.25) is 0 Å². The first-order chi connectivity index (χ1) is 4.83. The number of nitrogens with zero attached hydrogens (tertiary/aromatic N) is 2. The minimum absolute atomic E-state index is 0.481. The molecule has 0 aromatic carbocycles. The van der Waals surface area contributed by atoms with Crippen molar-refractivity contribution in [2.75, 3.05) is 6.61 Å². The number of hydrogen-bond acceptors (Lipinski definition) is 3. The van der Waals surface area contributed by atoms with Crippen LogP contribution in [-0.2, 0) is 0 Å². The highest BCUT2D eigenvalue weighted by Crippen LogP contribution is 1.98. The Morgan fingerprint density at radius 2 is 2.60 bits per heavy atom. The van der Waals surface area contributed by atoms with Gasteiger partial charge < -0.3 is 9.94 Å². The molecule has 0 fully saturated rings. The first-order valence-corrected chi connectivity index (χ1v) is 3.00. The topological polar surface area (TPSA) is 49.1 Å². The van der Waals surface area contributed by atoms with Crippen molar-refractivity contribution >= 4 is 0 Å². The second kappa shape index (κ2) is 3.00. The zero-order chi connectivity index (χ0) is 7.40. The summed E-state index contributed by atoms with van der Waals surface area (Å²) in [7, 11) is 0. The van der Waals surface area contributed by atoms with E-state index >= 15 is 0 Å². The van der Waals surface area contributed by atoms with Gasteiger partial charge >= 0.3 is 5.88 Å². The molecule has 1 aromatic heterocycles. The van der Waals surface area contributed by atoms with Gasteiger partial charge in [0.1, 0.15) is 6.20 Å². The average Bonchev–Trinajstić information content (AvgIpc) is 1.95. The third-order valence-corrected chi connectivity index (χ3v) is 0.955. The average molecular weight is 140 g/mol. The van der Waals surface area contributed by atoms with Gasteiger partial charge in [-0.1, -0.05) is 0 Å². The summed E-state index contributed by atoms with van der Waals surface area (Å²) in [6.45, 7) is 2.43. The SMILES string of the molecule is CCOc1cc[n+]([O-])cn1. The molecule has 0 amide bonds. The van der Waals surface area contributed by atoms with Gasteiger partial charge in [0.05, 0.1) is 12.7 Å². The maximum atomic E-state index is 10.4. The molecule has 0 radical (unpaired) electrons. The van der Waals surface area contributed by atoms with Crippen LogP contribution in [0, 0.1) is 5.21 Å². The lowest BCUT2D eigenvalue weighted by molar-refractivity contribution is -0.608. The van der Waals surface area contributed by atoms with Gasteiger partial charge in [0.25, 0.3) is 6.33 Å². The van der Waals surface area contributed by atoms with E-state index in [1.54, 1.807) is 0 Å². The van der Waals surface area contributed by atoms with E-state index < -0.39 is 0 Å². The van der Waals surface area contributed by atoms with Crippen LogP contribution in [0.5, 0.6) is 5.88 Å². The highest BCUT2D eigenvalue weighted by atomic mass is 16.5. The van der Waals surface area contributed by atoms with Gasteiger partial charge in [-0.2, -0.15) is 0 Å². The largest absolute Gasteiger partial charge is 0.711 e. The number of rotatable bonds is 2. The van der Waals surface area contributed by atoms with E-state index in [0.29, 0.717) is 17.2 Å². The standard InChI is InChI=1S/C6H8N2O2/c1-2-10-6-3-4-8(9)5-7-6/h3-5H,2H2,1H3. The minimum atomic E-state index is 0.481. The van der Waals surface area contributed by atoms with Crippen molar-refractivity contribution in [2.45, 2.75) is 6.92 Å². The van der Waals surface area contributed by atoms with E-state index in [1.165, 1.54) is 12.3 Å². The molecule has 0 unspecified atom stereocenters. The molecular weight excluding hydrogens is 132 g/mol. The van der Waals surface area contributed by atoms with Crippen molar-refractivity contribution in [1.29, 1.82) is 0 Å². The number of aromatic nitrogens is 2. The molecule has 1 rings (SSSR count). The summed E-state index contributed by atoms with van der Waals surface area (Å²) in [5.41, 5.74) is 0. The molecule has 0 aliphatic carbocycles. The Balaban J connectivity index is 2.69. The molecule has 0 atom stereocenters. The van der Waals surface area contributed by atoms with Crippen molar-refractivity contribution < 1.29 is 9.47 Å².